The smallest absolute Gasteiger partial charge is 0.355 e. The average Bonchev–Trinajstić information content (AvgIpc) is 2.89. The first-order valence-corrected chi connectivity index (χ1v) is 6.89. The maximum atomic E-state index is 12.9. The van der Waals surface area contributed by atoms with Gasteiger partial charge in [0.2, 0.25) is 0 Å². The number of benzene rings is 1. The molecule has 110 valence electrons. The molecule has 9 heteroatoms. The number of rotatable bonds is 4. The van der Waals surface area contributed by atoms with Crippen LogP contribution in [0.5, 0.6) is 0 Å². The Balaban J connectivity index is 1.91. The zero-order valence-corrected chi connectivity index (χ0v) is 12.0. The lowest BCUT2D eigenvalue weighted by molar-refractivity contribution is 0.0691. The molecule has 2 rings (SSSR count). The molecule has 0 aliphatic heterocycles. The van der Waals surface area contributed by atoms with Crippen LogP contribution in [0.3, 0.4) is 0 Å². The largest absolute Gasteiger partial charge is 0.476 e. The maximum Gasteiger partial charge on any atom is 0.355 e. The first-order valence-electron chi connectivity index (χ1n) is 5.63. The molecule has 0 radical (unpaired) electrons. The first-order chi connectivity index (χ1) is 9.95. The van der Waals surface area contributed by atoms with Crippen molar-refractivity contribution in [3.8, 4) is 0 Å². The Bertz CT molecular complexity index is 692. The van der Waals surface area contributed by atoms with E-state index in [4.69, 9.17) is 16.7 Å². The molecule has 3 N–H and O–H groups in total. The Morgan fingerprint density at radius 3 is 2.81 bits per heavy atom. The van der Waals surface area contributed by atoms with Crippen LogP contribution in [0.4, 0.5) is 14.9 Å². The lowest BCUT2D eigenvalue weighted by Crippen LogP contribution is -2.28. The van der Waals surface area contributed by atoms with Crippen LogP contribution in [0.1, 0.15) is 15.5 Å². The van der Waals surface area contributed by atoms with Crippen molar-refractivity contribution >= 4 is 40.6 Å². The van der Waals surface area contributed by atoms with Gasteiger partial charge in [-0.3, -0.25) is 0 Å². The van der Waals surface area contributed by atoms with Crippen molar-refractivity contribution in [2.45, 2.75) is 6.54 Å². The number of nitrogens with one attached hydrogen (secondary N) is 2. The molecule has 0 saturated heterocycles. The molecular weight excluding hydrogens is 321 g/mol. The second-order valence-corrected chi connectivity index (χ2v) is 5.21. The topological polar surface area (TPSA) is 91.3 Å². The van der Waals surface area contributed by atoms with Gasteiger partial charge in [-0.05, 0) is 18.2 Å². The number of carboxylic acids is 1. The minimum atomic E-state index is -1.12. The monoisotopic (exact) mass is 329 g/mol. The van der Waals surface area contributed by atoms with Gasteiger partial charge in [-0.1, -0.05) is 11.6 Å². The molecule has 1 aromatic carbocycles. The van der Waals surface area contributed by atoms with Crippen molar-refractivity contribution in [2.75, 3.05) is 5.32 Å². The molecule has 2 amide bonds. The van der Waals surface area contributed by atoms with Gasteiger partial charge in [-0.2, -0.15) is 0 Å². The van der Waals surface area contributed by atoms with Crippen LogP contribution in [-0.2, 0) is 6.54 Å². The summed E-state index contributed by atoms with van der Waals surface area (Å²) in [5.41, 5.74) is 0.194. The Labute approximate surface area is 127 Å². The van der Waals surface area contributed by atoms with Gasteiger partial charge in [-0.15, -0.1) is 11.3 Å². The minimum absolute atomic E-state index is 0.0706. The number of carbonyl (C=O) groups is 2. The van der Waals surface area contributed by atoms with E-state index >= 15 is 0 Å². The molecule has 0 unspecified atom stereocenters. The summed E-state index contributed by atoms with van der Waals surface area (Å²) in [6.07, 6.45) is 0. The lowest BCUT2D eigenvalue weighted by Gasteiger charge is -2.07. The van der Waals surface area contributed by atoms with Crippen LogP contribution in [-0.4, -0.2) is 22.1 Å². The highest BCUT2D eigenvalue weighted by atomic mass is 35.5. The van der Waals surface area contributed by atoms with Crippen LogP contribution in [0.2, 0.25) is 5.02 Å². The molecule has 1 heterocycles. The van der Waals surface area contributed by atoms with Gasteiger partial charge in [0, 0.05) is 5.38 Å². The van der Waals surface area contributed by atoms with E-state index in [2.05, 4.69) is 15.6 Å². The predicted octanol–water partition coefficient (Wildman–Crippen LogP) is 2.96. The highest BCUT2D eigenvalue weighted by Crippen LogP contribution is 2.22. The van der Waals surface area contributed by atoms with Gasteiger partial charge in [0.1, 0.15) is 10.8 Å². The summed E-state index contributed by atoms with van der Waals surface area (Å²) in [5, 5.41) is 15.6. The fraction of sp³-hybridized carbons (Fsp3) is 0.0833. The maximum absolute atomic E-state index is 12.9. The molecule has 0 atom stereocenters. The summed E-state index contributed by atoms with van der Waals surface area (Å²) in [6, 6.07) is 3.03. The number of halogens is 2. The third-order valence-corrected chi connectivity index (χ3v) is 3.51. The SMILES string of the molecule is O=C(NCc1nc(C(=O)O)cs1)Nc1ccc(F)cc1Cl. The highest BCUT2D eigenvalue weighted by molar-refractivity contribution is 7.09. The molecule has 2 aromatic rings. The van der Waals surface area contributed by atoms with Crippen LogP contribution in [0.25, 0.3) is 0 Å². The van der Waals surface area contributed by atoms with Gasteiger partial charge in [-0.25, -0.2) is 19.0 Å². The number of thiazole rings is 1. The Hall–Kier alpha value is -2.19. The minimum Gasteiger partial charge on any atom is -0.476 e. The fourth-order valence-electron chi connectivity index (χ4n) is 1.40. The molecule has 21 heavy (non-hydrogen) atoms. The number of amides is 2. The molecule has 0 spiro atoms. The number of hydrogen-bond acceptors (Lipinski definition) is 4. The third kappa shape index (κ3) is 4.14. The van der Waals surface area contributed by atoms with Crippen molar-refractivity contribution in [3.63, 3.8) is 0 Å². The molecule has 0 aliphatic rings. The van der Waals surface area contributed by atoms with Crippen LogP contribution in [0, 0.1) is 5.82 Å². The zero-order valence-electron chi connectivity index (χ0n) is 10.4. The van der Waals surface area contributed by atoms with E-state index < -0.39 is 17.8 Å². The average molecular weight is 330 g/mol. The van der Waals surface area contributed by atoms with Gasteiger partial charge in [0.25, 0.3) is 0 Å². The first kappa shape index (κ1) is 15.2. The second kappa shape index (κ2) is 6.51. The predicted molar refractivity (Wildman–Crippen MR) is 76.3 cm³/mol. The normalized spacial score (nSPS) is 10.2. The molecule has 1 aromatic heterocycles. The van der Waals surface area contributed by atoms with Gasteiger partial charge in [0.05, 0.1) is 17.3 Å². The fourth-order valence-corrected chi connectivity index (χ4v) is 2.33. The van der Waals surface area contributed by atoms with E-state index in [0.29, 0.717) is 5.01 Å². The summed E-state index contributed by atoms with van der Waals surface area (Å²) in [5.74, 6) is -1.63. The quantitative estimate of drug-likeness (QED) is 0.804. The molecule has 0 fully saturated rings. The second-order valence-electron chi connectivity index (χ2n) is 3.86. The van der Waals surface area contributed by atoms with Crippen molar-refractivity contribution in [1.82, 2.24) is 10.3 Å². The summed E-state index contributed by atoms with van der Waals surface area (Å²) < 4.78 is 12.9. The number of nitrogens with zero attached hydrogens (tertiary/aromatic N) is 1. The van der Waals surface area contributed by atoms with Gasteiger partial charge >= 0.3 is 12.0 Å². The standard InChI is InChI=1S/C12H9ClFN3O3S/c13-7-3-6(14)1-2-8(7)17-12(20)15-4-10-16-9(5-21-10)11(18)19/h1-3,5H,4H2,(H,18,19)(H2,15,17,20). The summed E-state index contributed by atoms with van der Waals surface area (Å²) in [6.45, 7) is 0.0720. The number of anilines is 1. The van der Waals surface area contributed by atoms with Crippen molar-refractivity contribution in [2.24, 2.45) is 0 Å². The van der Waals surface area contributed by atoms with E-state index in [0.717, 1.165) is 17.4 Å². The van der Waals surface area contributed by atoms with Crippen molar-refractivity contribution < 1.29 is 19.1 Å². The summed E-state index contributed by atoms with van der Waals surface area (Å²) in [7, 11) is 0. The number of carbonyl (C=O) groups excluding carboxylic acids is 1. The Kier molecular flexibility index (Phi) is 4.71. The molecule has 6 nitrogen and oxygen atoms in total. The molecule has 0 aliphatic carbocycles. The number of aromatic carboxylic acids is 1. The summed E-state index contributed by atoms with van der Waals surface area (Å²) >= 11 is 6.89. The van der Waals surface area contributed by atoms with Crippen LogP contribution < -0.4 is 10.6 Å². The molecule has 0 bridgehead atoms. The molecular formula is C12H9ClFN3O3S. The van der Waals surface area contributed by atoms with E-state index in [1.807, 2.05) is 0 Å². The van der Waals surface area contributed by atoms with E-state index in [-0.39, 0.29) is 22.9 Å². The van der Waals surface area contributed by atoms with Gasteiger partial charge < -0.3 is 15.7 Å². The van der Waals surface area contributed by atoms with Gasteiger partial charge in [0.15, 0.2) is 5.69 Å². The lowest BCUT2D eigenvalue weighted by atomic mass is 10.3. The number of carboxylic acid groups (broad SMARTS) is 1. The Morgan fingerprint density at radius 2 is 2.19 bits per heavy atom. The van der Waals surface area contributed by atoms with E-state index in [9.17, 15) is 14.0 Å². The highest BCUT2D eigenvalue weighted by Gasteiger charge is 2.10. The van der Waals surface area contributed by atoms with Crippen molar-refractivity contribution in [3.05, 3.63) is 45.1 Å². The van der Waals surface area contributed by atoms with Crippen LogP contribution in [0.15, 0.2) is 23.6 Å². The third-order valence-electron chi connectivity index (χ3n) is 2.35. The number of aromatic nitrogens is 1. The van der Waals surface area contributed by atoms with Crippen molar-refractivity contribution in [1.29, 1.82) is 0 Å². The van der Waals surface area contributed by atoms with E-state index in [1.165, 1.54) is 17.5 Å². The number of urea groups is 1. The molecule has 0 saturated carbocycles. The summed E-state index contributed by atoms with van der Waals surface area (Å²) in [4.78, 5) is 26.1. The Morgan fingerprint density at radius 1 is 1.43 bits per heavy atom. The van der Waals surface area contributed by atoms with Crippen LogP contribution >= 0.6 is 22.9 Å². The van der Waals surface area contributed by atoms with E-state index in [1.54, 1.807) is 0 Å². The zero-order chi connectivity index (χ0) is 15.4. The number of hydrogen-bond donors (Lipinski definition) is 3.